The zero-order chi connectivity index (χ0) is 18.6. The van der Waals surface area contributed by atoms with E-state index < -0.39 is 0 Å². The first-order valence-electron chi connectivity index (χ1n) is 8.44. The largest absolute Gasteiger partial charge is 0.497 e. The van der Waals surface area contributed by atoms with Crippen LogP contribution >= 0.6 is 0 Å². The number of benzene rings is 2. The number of nitrogens with zero attached hydrogens (tertiary/aromatic N) is 4. The highest BCUT2D eigenvalue weighted by atomic mass is 16.5. The maximum absolute atomic E-state index is 5.48. The van der Waals surface area contributed by atoms with E-state index in [1.807, 2.05) is 60.8 Å². The first kappa shape index (κ1) is 16.8. The third kappa shape index (κ3) is 3.37. The van der Waals surface area contributed by atoms with Crippen LogP contribution in [0.25, 0.3) is 28.1 Å². The maximum atomic E-state index is 5.48. The number of pyridine rings is 1. The molecule has 6 nitrogen and oxygen atoms in total. The monoisotopic (exact) mass is 358 g/mol. The molecule has 0 fully saturated rings. The lowest BCUT2D eigenvalue weighted by Gasteiger charge is -2.11. The van der Waals surface area contributed by atoms with Gasteiger partial charge in [0.15, 0.2) is 0 Å². The third-order valence-electron chi connectivity index (χ3n) is 4.32. The van der Waals surface area contributed by atoms with Gasteiger partial charge in [0.1, 0.15) is 17.2 Å². The van der Waals surface area contributed by atoms with E-state index in [9.17, 15) is 0 Å². The Morgan fingerprint density at radius 2 is 1.56 bits per heavy atom. The van der Waals surface area contributed by atoms with E-state index in [0.717, 1.165) is 39.6 Å². The Hall–Kier alpha value is -3.67. The fourth-order valence-electron chi connectivity index (χ4n) is 2.88. The molecule has 2 heterocycles. The van der Waals surface area contributed by atoms with Crippen molar-refractivity contribution in [1.82, 2.24) is 20.0 Å². The van der Waals surface area contributed by atoms with Crippen molar-refractivity contribution in [2.75, 3.05) is 14.2 Å². The molecule has 6 heteroatoms. The van der Waals surface area contributed by atoms with Crippen molar-refractivity contribution in [3.8, 4) is 39.6 Å². The minimum Gasteiger partial charge on any atom is -0.497 e. The van der Waals surface area contributed by atoms with Crippen LogP contribution in [0, 0.1) is 0 Å². The van der Waals surface area contributed by atoms with Crippen molar-refractivity contribution in [3.05, 3.63) is 73.2 Å². The first-order valence-corrected chi connectivity index (χ1v) is 8.44. The normalized spacial score (nSPS) is 10.6. The Morgan fingerprint density at radius 3 is 2.26 bits per heavy atom. The van der Waals surface area contributed by atoms with Gasteiger partial charge in [-0.05, 0) is 35.9 Å². The summed E-state index contributed by atoms with van der Waals surface area (Å²) < 4.78 is 12.5. The van der Waals surface area contributed by atoms with Crippen molar-refractivity contribution in [1.29, 1.82) is 0 Å². The lowest BCUT2D eigenvalue weighted by Crippen LogP contribution is -1.94. The molecule has 0 atom stereocenters. The summed E-state index contributed by atoms with van der Waals surface area (Å²) in [4.78, 5) is 4.02. The van der Waals surface area contributed by atoms with Crippen LogP contribution in [-0.2, 0) is 0 Å². The Morgan fingerprint density at radius 1 is 0.815 bits per heavy atom. The molecule has 2 aromatic heterocycles. The second-order valence-electron chi connectivity index (χ2n) is 5.90. The molecule has 0 aliphatic heterocycles. The van der Waals surface area contributed by atoms with E-state index in [-0.39, 0.29) is 0 Å². The molecule has 0 spiro atoms. The number of hydrogen-bond donors (Lipinski definition) is 0. The van der Waals surface area contributed by atoms with Gasteiger partial charge in [0.25, 0.3) is 0 Å². The van der Waals surface area contributed by atoms with Crippen LogP contribution in [0.5, 0.6) is 11.5 Å². The summed E-state index contributed by atoms with van der Waals surface area (Å²) in [5.41, 5.74) is 4.72. The van der Waals surface area contributed by atoms with Crippen molar-refractivity contribution < 1.29 is 9.47 Å². The lowest BCUT2D eigenvalue weighted by atomic mass is 10.0. The Labute approximate surface area is 157 Å². The van der Waals surface area contributed by atoms with Crippen LogP contribution in [0.15, 0.2) is 73.2 Å². The molecular weight excluding hydrogens is 340 g/mol. The minimum absolute atomic E-state index is 0.787. The van der Waals surface area contributed by atoms with Crippen LogP contribution < -0.4 is 9.47 Å². The molecule has 0 saturated carbocycles. The number of rotatable bonds is 5. The van der Waals surface area contributed by atoms with Gasteiger partial charge in [-0.1, -0.05) is 29.5 Å². The number of aromatic nitrogens is 4. The zero-order valence-corrected chi connectivity index (χ0v) is 15.0. The van der Waals surface area contributed by atoms with Crippen molar-refractivity contribution in [3.63, 3.8) is 0 Å². The topological polar surface area (TPSA) is 62.1 Å². The summed E-state index contributed by atoms with van der Waals surface area (Å²) in [5, 5.41) is 8.47. The van der Waals surface area contributed by atoms with E-state index in [0.29, 0.717) is 0 Å². The summed E-state index contributed by atoms with van der Waals surface area (Å²) in [7, 11) is 3.32. The molecule has 4 aromatic rings. The molecule has 0 bridgehead atoms. The van der Waals surface area contributed by atoms with Crippen LogP contribution in [0.4, 0.5) is 0 Å². The fraction of sp³-hybridized carbons (Fsp3) is 0.0952. The predicted molar refractivity (Wildman–Crippen MR) is 103 cm³/mol. The van der Waals surface area contributed by atoms with Gasteiger partial charge < -0.3 is 9.47 Å². The van der Waals surface area contributed by atoms with Gasteiger partial charge in [0.2, 0.25) is 0 Å². The average Bonchev–Trinajstić information content (AvgIpc) is 3.24. The summed E-state index contributed by atoms with van der Waals surface area (Å²) in [5.74, 6) is 1.59. The van der Waals surface area contributed by atoms with Gasteiger partial charge >= 0.3 is 0 Å². The van der Waals surface area contributed by atoms with Crippen LogP contribution in [0.1, 0.15) is 0 Å². The standard InChI is InChI=1S/C21H18N4O2/c1-26-18-7-8-21(27-2)19(13-18)15-3-5-16(6-4-15)20-14-25(24-23-20)17-9-11-22-12-10-17/h3-14H,1-2H3. The van der Waals surface area contributed by atoms with E-state index in [1.165, 1.54) is 0 Å². The third-order valence-corrected chi connectivity index (χ3v) is 4.32. The molecule has 2 aromatic carbocycles. The number of ether oxygens (including phenoxy) is 2. The van der Waals surface area contributed by atoms with Gasteiger partial charge in [-0.25, -0.2) is 4.68 Å². The molecule has 0 aliphatic carbocycles. The van der Waals surface area contributed by atoms with E-state index in [4.69, 9.17) is 9.47 Å². The molecule has 0 radical (unpaired) electrons. The molecule has 134 valence electrons. The molecular formula is C21H18N4O2. The van der Waals surface area contributed by atoms with Crippen LogP contribution in [0.3, 0.4) is 0 Å². The lowest BCUT2D eigenvalue weighted by molar-refractivity contribution is 0.404. The van der Waals surface area contributed by atoms with Gasteiger partial charge in [0, 0.05) is 23.5 Å². The van der Waals surface area contributed by atoms with Gasteiger partial charge in [0.05, 0.1) is 26.1 Å². The smallest absolute Gasteiger partial charge is 0.126 e. The average molecular weight is 358 g/mol. The van der Waals surface area contributed by atoms with Gasteiger partial charge in [-0.15, -0.1) is 5.10 Å². The van der Waals surface area contributed by atoms with Crippen molar-refractivity contribution >= 4 is 0 Å². The quantitative estimate of drug-likeness (QED) is 0.539. The van der Waals surface area contributed by atoms with Crippen LogP contribution in [-0.4, -0.2) is 34.2 Å². The van der Waals surface area contributed by atoms with Crippen molar-refractivity contribution in [2.45, 2.75) is 0 Å². The van der Waals surface area contributed by atoms with Gasteiger partial charge in [-0.2, -0.15) is 0 Å². The first-order chi connectivity index (χ1) is 13.3. The molecule has 0 amide bonds. The number of methoxy groups -OCH3 is 2. The highest BCUT2D eigenvalue weighted by Gasteiger charge is 2.10. The Bertz CT molecular complexity index is 1040. The summed E-state index contributed by atoms with van der Waals surface area (Å²) >= 11 is 0. The Kier molecular flexibility index (Phi) is 4.53. The summed E-state index contributed by atoms with van der Waals surface area (Å²) in [6.45, 7) is 0. The maximum Gasteiger partial charge on any atom is 0.126 e. The van der Waals surface area contributed by atoms with Crippen LogP contribution in [0.2, 0.25) is 0 Å². The molecule has 4 rings (SSSR count). The fourth-order valence-corrected chi connectivity index (χ4v) is 2.88. The molecule has 0 aliphatic rings. The van der Waals surface area contributed by atoms with E-state index in [1.54, 1.807) is 31.3 Å². The van der Waals surface area contributed by atoms with Crippen molar-refractivity contribution in [2.24, 2.45) is 0 Å². The highest BCUT2D eigenvalue weighted by molar-refractivity contribution is 5.74. The van der Waals surface area contributed by atoms with E-state index >= 15 is 0 Å². The highest BCUT2D eigenvalue weighted by Crippen LogP contribution is 2.34. The molecule has 0 N–H and O–H groups in total. The molecule has 0 saturated heterocycles. The molecule has 27 heavy (non-hydrogen) atoms. The van der Waals surface area contributed by atoms with E-state index in [2.05, 4.69) is 15.3 Å². The van der Waals surface area contributed by atoms with Gasteiger partial charge in [-0.3, -0.25) is 4.98 Å². The zero-order valence-electron chi connectivity index (χ0n) is 15.0. The summed E-state index contributed by atoms with van der Waals surface area (Å²) in [6.07, 6.45) is 5.36. The second kappa shape index (κ2) is 7.29. The second-order valence-corrected chi connectivity index (χ2v) is 5.90. The molecule has 0 unspecified atom stereocenters. The Balaban J connectivity index is 1.65. The SMILES string of the molecule is COc1ccc(OC)c(-c2ccc(-c3cn(-c4ccncc4)nn3)cc2)c1. The minimum atomic E-state index is 0.787. The summed E-state index contributed by atoms with van der Waals surface area (Å²) in [6, 6.07) is 17.7. The predicted octanol–water partition coefficient (Wildman–Crippen LogP) is 4.01. The number of hydrogen-bond acceptors (Lipinski definition) is 5.